The third-order valence-corrected chi connectivity index (χ3v) is 1.56. The summed E-state index contributed by atoms with van der Waals surface area (Å²) in [4.78, 5) is 0. The average Bonchev–Trinajstić information content (AvgIpc) is 1.98. The molecule has 11 heavy (non-hydrogen) atoms. The van der Waals surface area contributed by atoms with Crippen molar-refractivity contribution in [3.8, 4) is 0 Å². The van der Waals surface area contributed by atoms with E-state index in [0.717, 1.165) is 5.56 Å². The largest absolute Gasteiger partial charge is 0.316 e. The number of hydroxylamine groups is 1. The van der Waals surface area contributed by atoms with Crippen LogP contribution in [0.3, 0.4) is 0 Å². The highest BCUT2D eigenvalue weighted by Gasteiger charge is 1.99. The Morgan fingerprint density at radius 1 is 1.55 bits per heavy atom. The van der Waals surface area contributed by atoms with Gasteiger partial charge in [0.1, 0.15) is 5.82 Å². The topological polar surface area (TPSA) is 32.3 Å². The van der Waals surface area contributed by atoms with Crippen molar-refractivity contribution in [2.75, 3.05) is 0 Å². The standard InChI is InChI=1S/C7H7ClFNO/c8-6-3-5(4-10-11)1-2-7(6)9/h1-3,10-11H,4H2. The van der Waals surface area contributed by atoms with Gasteiger partial charge < -0.3 is 5.21 Å². The molecule has 0 radical (unpaired) electrons. The Balaban J connectivity index is 2.86. The lowest BCUT2D eigenvalue weighted by atomic mass is 10.2. The van der Waals surface area contributed by atoms with E-state index in [4.69, 9.17) is 16.8 Å². The van der Waals surface area contributed by atoms with Crippen molar-refractivity contribution in [1.29, 1.82) is 0 Å². The van der Waals surface area contributed by atoms with E-state index in [1.807, 2.05) is 5.48 Å². The van der Waals surface area contributed by atoms with Crippen LogP contribution in [0.4, 0.5) is 4.39 Å². The summed E-state index contributed by atoms with van der Waals surface area (Å²) in [5.41, 5.74) is 2.68. The SMILES string of the molecule is ONCc1ccc(F)c(Cl)c1. The number of benzene rings is 1. The fraction of sp³-hybridized carbons (Fsp3) is 0.143. The molecule has 0 aliphatic carbocycles. The Hall–Kier alpha value is -0.640. The van der Waals surface area contributed by atoms with E-state index in [0.29, 0.717) is 0 Å². The van der Waals surface area contributed by atoms with Crippen molar-refractivity contribution in [2.24, 2.45) is 0 Å². The van der Waals surface area contributed by atoms with Gasteiger partial charge in [-0.2, -0.15) is 0 Å². The molecule has 0 aromatic heterocycles. The average molecular weight is 176 g/mol. The second-order valence-electron chi connectivity index (χ2n) is 2.08. The first-order chi connectivity index (χ1) is 5.24. The minimum atomic E-state index is -0.451. The van der Waals surface area contributed by atoms with Crippen LogP contribution in [0.5, 0.6) is 0 Å². The van der Waals surface area contributed by atoms with Crippen molar-refractivity contribution >= 4 is 11.6 Å². The molecule has 0 amide bonds. The van der Waals surface area contributed by atoms with Crippen LogP contribution in [0.15, 0.2) is 18.2 Å². The van der Waals surface area contributed by atoms with Gasteiger partial charge in [0.25, 0.3) is 0 Å². The molecule has 0 saturated carbocycles. The maximum absolute atomic E-state index is 12.5. The molecule has 0 heterocycles. The predicted molar refractivity (Wildman–Crippen MR) is 40.0 cm³/mol. The van der Waals surface area contributed by atoms with Crippen molar-refractivity contribution < 1.29 is 9.60 Å². The van der Waals surface area contributed by atoms with Crippen LogP contribution in [-0.2, 0) is 6.54 Å². The van der Waals surface area contributed by atoms with E-state index in [9.17, 15) is 4.39 Å². The zero-order valence-corrected chi connectivity index (χ0v) is 6.40. The Kier molecular flexibility index (Phi) is 2.82. The van der Waals surface area contributed by atoms with Crippen LogP contribution < -0.4 is 5.48 Å². The number of hydrogen-bond donors (Lipinski definition) is 2. The maximum Gasteiger partial charge on any atom is 0.141 e. The summed E-state index contributed by atoms with van der Waals surface area (Å²) >= 11 is 5.47. The lowest BCUT2D eigenvalue weighted by Gasteiger charge is -1.99. The van der Waals surface area contributed by atoms with Gasteiger partial charge in [0, 0.05) is 6.54 Å². The summed E-state index contributed by atoms with van der Waals surface area (Å²) < 4.78 is 12.5. The van der Waals surface area contributed by atoms with Crippen LogP contribution in [-0.4, -0.2) is 5.21 Å². The molecule has 0 bridgehead atoms. The minimum absolute atomic E-state index is 0.0674. The van der Waals surface area contributed by atoms with Gasteiger partial charge in [-0.25, -0.2) is 9.87 Å². The third-order valence-electron chi connectivity index (χ3n) is 1.27. The second kappa shape index (κ2) is 3.67. The van der Waals surface area contributed by atoms with E-state index >= 15 is 0 Å². The van der Waals surface area contributed by atoms with Crippen LogP contribution in [0.2, 0.25) is 5.02 Å². The summed E-state index contributed by atoms with van der Waals surface area (Å²) in [5, 5.41) is 8.36. The zero-order chi connectivity index (χ0) is 8.27. The monoisotopic (exact) mass is 175 g/mol. The molecule has 2 N–H and O–H groups in total. The van der Waals surface area contributed by atoms with Gasteiger partial charge in [0.05, 0.1) is 5.02 Å². The molecule has 0 unspecified atom stereocenters. The highest BCUT2D eigenvalue weighted by molar-refractivity contribution is 6.30. The fourth-order valence-corrected chi connectivity index (χ4v) is 0.944. The molecule has 1 aromatic rings. The molecule has 4 heteroatoms. The molecular weight excluding hydrogens is 169 g/mol. The van der Waals surface area contributed by atoms with Crippen LogP contribution in [0, 0.1) is 5.82 Å². The highest BCUT2D eigenvalue weighted by Crippen LogP contribution is 2.15. The molecule has 2 nitrogen and oxygen atoms in total. The summed E-state index contributed by atoms with van der Waals surface area (Å²) in [6, 6.07) is 4.26. The summed E-state index contributed by atoms with van der Waals surface area (Å²) in [6.45, 7) is 0.264. The normalized spacial score (nSPS) is 10.1. The van der Waals surface area contributed by atoms with E-state index < -0.39 is 5.82 Å². The van der Waals surface area contributed by atoms with E-state index in [1.54, 1.807) is 6.07 Å². The van der Waals surface area contributed by atoms with Gasteiger partial charge in [0.15, 0.2) is 0 Å². The van der Waals surface area contributed by atoms with Gasteiger partial charge in [0.2, 0.25) is 0 Å². The first-order valence-electron chi connectivity index (χ1n) is 3.05. The van der Waals surface area contributed by atoms with Gasteiger partial charge in [-0.3, -0.25) is 0 Å². The number of rotatable bonds is 2. The molecule has 0 aliphatic heterocycles. The smallest absolute Gasteiger partial charge is 0.141 e. The zero-order valence-electron chi connectivity index (χ0n) is 5.64. The van der Waals surface area contributed by atoms with E-state index in [1.165, 1.54) is 12.1 Å². The molecule has 0 fully saturated rings. The Bertz CT molecular complexity index is 254. The van der Waals surface area contributed by atoms with Crippen LogP contribution in [0.1, 0.15) is 5.56 Å². The van der Waals surface area contributed by atoms with Gasteiger partial charge in [-0.05, 0) is 17.7 Å². The fourth-order valence-electron chi connectivity index (χ4n) is 0.741. The van der Waals surface area contributed by atoms with Crippen molar-refractivity contribution in [1.82, 2.24) is 5.48 Å². The van der Waals surface area contributed by atoms with Crippen LogP contribution >= 0.6 is 11.6 Å². The summed E-state index contributed by atoms with van der Waals surface area (Å²) in [7, 11) is 0. The van der Waals surface area contributed by atoms with Crippen molar-refractivity contribution in [3.63, 3.8) is 0 Å². The molecule has 1 rings (SSSR count). The molecule has 0 spiro atoms. The van der Waals surface area contributed by atoms with Gasteiger partial charge >= 0.3 is 0 Å². The van der Waals surface area contributed by atoms with Crippen molar-refractivity contribution in [2.45, 2.75) is 6.54 Å². The van der Waals surface area contributed by atoms with Gasteiger partial charge in [-0.1, -0.05) is 17.7 Å². The first-order valence-corrected chi connectivity index (χ1v) is 3.42. The molecule has 1 aromatic carbocycles. The van der Waals surface area contributed by atoms with E-state index in [2.05, 4.69) is 0 Å². The molecule has 60 valence electrons. The van der Waals surface area contributed by atoms with E-state index in [-0.39, 0.29) is 11.6 Å². The number of nitrogens with one attached hydrogen (secondary N) is 1. The molecule has 0 aliphatic rings. The molecule has 0 atom stereocenters. The quantitative estimate of drug-likeness (QED) is 0.674. The molecular formula is C7H7ClFNO. The molecule has 0 saturated heterocycles. The van der Waals surface area contributed by atoms with Crippen LogP contribution in [0.25, 0.3) is 0 Å². The maximum atomic E-state index is 12.5. The number of hydrogen-bond acceptors (Lipinski definition) is 2. The summed E-state index contributed by atoms with van der Waals surface area (Å²) in [5.74, 6) is -0.451. The third kappa shape index (κ3) is 2.15. The lowest BCUT2D eigenvalue weighted by molar-refractivity contribution is 0.161. The first kappa shape index (κ1) is 8.46. The Morgan fingerprint density at radius 2 is 2.27 bits per heavy atom. The highest BCUT2D eigenvalue weighted by atomic mass is 35.5. The minimum Gasteiger partial charge on any atom is -0.316 e. The Morgan fingerprint density at radius 3 is 2.82 bits per heavy atom. The predicted octanol–water partition coefficient (Wildman–Crippen LogP) is 1.96. The number of halogens is 2. The van der Waals surface area contributed by atoms with Gasteiger partial charge in [-0.15, -0.1) is 0 Å². The van der Waals surface area contributed by atoms with Crippen molar-refractivity contribution in [3.05, 3.63) is 34.6 Å². The second-order valence-corrected chi connectivity index (χ2v) is 2.49. The lowest BCUT2D eigenvalue weighted by Crippen LogP contribution is -2.05. The summed E-state index contributed by atoms with van der Waals surface area (Å²) in [6.07, 6.45) is 0. The Labute approximate surface area is 68.6 Å².